The fraction of sp³-hybridized carbons (Fsp3) is 0.286. The van der Waals surface area contributed by atoms with Gasteiger partial charge in [-0.05, 0) is 67.8 Å². The number of imidazole rings is 1. The van der Waals surface area contributed by atoms with Crippen molar-refractivity contribution < 1.29 is 14.3 Å². The Bertz CT molecular complexity index is 1280. The molecule has 0 saturated heterocycles. The number of para-hydroxylation sites is 2. The van der Waals surface area contributed by atoms with Gasteiger partial charge in [-0.15, -0.1) is 0 Å². The first kappa shape index (κ1) is 23.4. The first-order valence-electron chi connectivity index (χ1n) is 11.6. The number of carbonyl (C=O) groups is 1. The molecule has 0 atom stereocenters. The monoisotopic (exact) mass is 457 g/mol. The molecule has 0 saturated carbocycles. The lowest BCUT2D eigenvalue weighted by Crippen LogP contribution is -2.31. The topological polar surface area (TPSA) is 65.4 Å². The number of hydrogen-bond donors (Lipinski definition) is 1. The highest BCUT2D eigenvalue weighted by Crippen LogP contribution is 2.19. The van der Waals surface area contributed by atoms with Crippen LogP contribution in [0.5, 0.6) is 11.5 Å². The van der Waals surface area contributed by atoms with Gasteiger partial charge in [0.15, 0.2) is 6.61 Å². The molecular formula is C28H31N3O3. The summed E-state index contributed by atoms with van der Waals surface area (Å²) in [6.45, 7) is 7.71. The number of nitrogens with zero attached hydrogens (tertiary/aromatic N) is 2. The second kappa shape index (κ2) is 10.9. The molecule has 1 heterocycles. The van der Waals surface area contributed by atoms with Gasteiger partial charge in [-0.3, -0.25) is 4.79 Å². The summed E-state index contributed by atoms with van der Waals surface area (Å²) in [4.78, 5) is 17.1. The third-order valence-electron chi connectivity index (χ3n) is 5.68. The number of fused-ring (bicyclic) bond motifs is 1. The minimum Gasteiger partial charge on any atom is -0.492 e. The SMILES string of the molecule is Cc1cccc(OCCn2c(CCNC(=O)COc3cc(C)ccc3C)nc3ccccc32)c1. The largest absolute Gasteiger partial charge is 0.492 e. The molecule has 176 valence electrons. The molecule has 0 aliphatic heterocycles. The molecule has 1 amide bonds. The molecule has 0 unspecified atom stereocenters. The molecule has 0 aliphatic carbocycles. The van der Waals surface area contributed by atoms with E-state index in [9.17, 15) is 4.79 Å². The van der Waals surface area contributed by atoms with Crippen molar-refractivity contribution in [3.05, 3.63) is 89.2 Å². The lowest BCUT2D eigenvalue weighted by atomic mass is 10.1. The number of carbonyl (C=O) groups excluding carboxylic acids is 1. The van der Waals surface area contributed by atoms with E-state index in [0.717, 1.165) is 39.5 Å². The van der Waals surface area contributed by atoms with Crippen molar-refractivity contribution in [2.75, 3.05) is 19.8 Å². The molecule has 0 spiro atoms. The van der Waals surface area contributed by atoms with Crippen LogP contribution in [0.25, 0.3) is 11.0 Å². The van der Waals surface area contributed by atoms with Crippen LogP contribution in [-0.4, -0.2) is 35.2 Å². The van der Waals surface area contributed by atoms with Crippen LogP contribution < -0.4 is 14.8 Å². The molecule has 0 aliphatic rings. The quantitative estimate of drug-likeness (QED) is 0.372. The average molecular weight is 458 g/mol. The Morgan fingerprint density at radius 2 is 1.76 bits per heavy atom. The van der Waals surface area contributed by atoms with Crippen molar-refractivity contribution in [2.45, 2.75) is 33.7 Å². The number of rotatable bonds is 10. The van der Waals surface area contributed by atoms with Gasteiger partial charge in [0.1, 0.15) is 23.9 Å². The molecule has 0 bridgehead atoms. The number of aryl methyl sites for hydroxylation is 3. The van der Waals surface area contributed by atoms with E-state index in [-0.39, 0.29) is 12.5 Å². The maximum Gasteiger partial charge on any atom is 0.257 e. The summed E-state index contributed by atoms with van der Waals surface area (Å²) in [5.41, 5.74) is 5.29. The van der Waals surface area contributed by atoms with Gasteiger partial charge in [-0.25, -0.2) is 4.98 Å². The van der Waals surface area contributed by atoms with Crippen molar-refractivity contribution in [1.82, 2.24) is 14.9 Å². The Morgan fingerprint density at radius 3 is 2.62 bits per heavy atom. The molecule has 4 aromatic rings. The van der Waals surface area contributed by atoms with E-state index in [2.05, 4.69) is 28.9 Å². The number of ether oxygens (including phenoxy) is 2. The number of benzene rings is 3. The first-order valence-corrected chi connectivity index (χ1v) is 11.6. The van der Waals surface area contributed by atoms with E-state index in [1.54, 1.807) is 0 Å². The highest BCUT2D eigenvalue weighted by atomic mass is 16.5. The average Bonchev–Trinajstić information content (AvgIpc) is 3.17. The number of hydrogen-bond acceptors (Lipinski definition) is 4. The van der Waals surface area contributed by atoms with Crippen molar-refractivity contribution in [2.24, 2.45) is 0 Å². The second-order valence-corrected chi connectivity index (χ2v) is 8.49. The third-order valence-corrected chi connectivity index (χ3v) is 5.68. The molecule has 3 aromatic carbocycles. The molecule has 1 aromatic heterocycles. The fourth-order valence-electron chi connectivity index (χ4n) is 3.90. The van der Waals surface area contributed by atoms with E-state index in [1.807, 2.05) is 68.4 Å². The highest BCUT2D eigenvalue weighted by Gasteiger charge is 2.12. The van der Waals surface area contributed by atoms with Crippen LogP contribution in [0.3, 0.4) is 0 Å². The Hall–Kier alpha value is -3.80. The summed E-state index contributed by atoms with van der Waals surface area (Å²) < 4.78 is 13.8. The van der Waals surface area contributed by atoms with Crippen LogP contribution in [0, 0.1) is 20.8 Å². The van der Waals surface area contributed by atoms with E-state index >= 15 is 0 Å². The maximum absolute atomic E-state index is 12.3. The molecule has 0 radical (unpaired) electrons. The summed E-state index contributed by atoms with van der Waals surface area (Å²) in [6.07, 6.45) is 0.619. The predicted octanol–water partition coefficient (Wildman–Crippen LogP) is 4.78. The van der Waals surface area contributed by atoms with Gasteiger partial charge in [-0.1, -0.05) is 36.4 Å². The fourth-order valence-corrected chi connectivity index (χ4v) is 3.90. The third kappa shape index (κ3) is 5.95. The van der Waals surface area contributed by atoms with Crippen molar-refractivity contribution in [3.63, 3.8) is 0 Å². The molecule has 1 N–H and O–H groups in total. The first-order chi connectivity index (χ1) is 16.5. The normalized spacial score (nSPS) is 10.9. The van der Waals surface area contributed by atoms with Gasteiger partial charge < -0.3 is 19.4 Å². The van der Waals surface area contributed by atoms with Gasteiger partial charge in [0.2, 0.25) is 0 Å². The van der Waals surface area contributed by atoms with Crippen LogP contribution >= 0.6 is 0 Å². The van der Waals surface area contributed by atoms with Crippen molar-refractivity contribution >= 4 is 16.9 Å². The minimum atomic E-state index is -0.147. The highest BCUT2D eigenvalue weighted by molar-refractivity contribution is 5.78. The lowest BCUT2D eigenvalue weighted by Gasteiger charge is -2.12. The molecular weight excluding hydrogens is 426 g/mol. The summed E-state index contributed by atoms with van der Waals surface area (Å²) >= 11 is 0. The predicted molar refractivity (Wildman–Crippen MR) is 135 cm³/mol. The number of amides is 1. The van der Waals surface area contributed by atoms with Crippen LogP contribution in [0.4, 0.5) is 0 Å². The minimum absolute atomic E-state index is 0.00889. The molecule has 0 fully saturated rings. The van der Waals surface area contributed by atoms with Crippen LogP contribution in [-0.2, 0) is 17.8 Å². The summed E-state index contributed by atoms with van der Waals surface area (Å²) in [7, 11) is 0. The van der Waals surface area contributed by atoms with Crippen molar-refractivity contribution in [1.29, 1.82) is 0 Å². The van der Waals surface area contributed by atoms with Crippen molar-refractivity contribution in [3.8, 4) is 11.5 Å². The number of nitrogens with one attached hydrogen (secondary N) is 1. The van der Waals surface area contributed by atoms with E-state index in [4.69, 9.17) is 14.5 Å². The Balaban J connectivity index is 1.34. The zero-order valence-electron chi connectivity index (χ0n) is 20.0. The molecule has 34 heavy (non-hydrogen) atoms. The summed E-state index contributed by atoms with van der Waals surface area (Å²) in [5.74, 6) is 2.38. The Kier molecular flexibility index (Phi) is 7.48. The Morgan fingerprint density at radius 1 is 0.941 bits per heavy atom. The molecule has 4 rings (SSSR count). The van der Waals surface area contributed by atoms with E-state index < -0.39 is 0 Å². The van der Waals surface area contributed by atoms with Gasteiger partial charge in [0.05, 0.1) is 17.6 Å². The van der Waals surface area contributed by atoms with Gasteiger partial charge in [0, 0.05) is 13.0 Å². The van der Waals surface area contributed by atoms with Crippen LogP contribution in [0.15, 0.2) is 66.7 Å². The van der Waals surface area contributed by atoms with Gasteiger partial charge >= 0.3 is 0 Å². The molecule has 6 heteroatoms. The van der Waals surface area contributed by atoms with Gasteiger partial charge in [-0.2, -0.15) is 0 Å². The van der Waals surface area contributed by atoms with Crippen LogP contribution in [0.2, 0.25) is 0 Å². The Labute approximate surface area is 200 Å². The van der Waals surface area contributed by atoms with Gasteiger partial charge in [0.25, 0.3) is 5.91 Å². The zero-order valence-corrected chi connectivity index (χ0v) is 20.0. The van der Waals surface area contributed by atoms with Crippen LogP contribution in [0.1, 0.15) is 22.5 Å². The lowest BCUT2D eigenvalue weighted by molar-refractivity contribution is -0.123. The maximum atomic E-state index is 12.3. The molecule has 6 nitrogen and oxygen atoms in total. The summed E-state index contributed by atoms with van der Waals surface area (Å²) in [5, 5.41) is 2.95. The zero-order chi connectivity index (χ0) is 23.9. The second-order valence-electron chi connectivity index (χ2n) is 8.49. The number of aromatic nitrogens is 2. The smallest absolute Gasteiger partial charge is 0.257 e. The van der Waals surface area contributed by atoms with E-state index in [1.165, 1.54) is 5.56 Å². The van der Waals surface area contributed by atoms with E-state index in [0.29, 0.717) is 26.1 Å². The standard InChI is InChI=1S/C28H31N3O3/c1-20-7-6-8-23(17-20)33-16-15-31-25-10-5-4-9-24(25)30-27(31)13-14-29-28(32)19-34-26-18-21(2)11-12-22(26)3/h4-12,17-18H,13-16,19H2,1-3H3,(H,29,32). The summed E-state index contributed by atoms with van der Waals surface area (Å²) in [6, 6.07) is 22.1.